The van der Waals surface area contributed by atoms with E-state index in [2.05, 4.69) is 23.6 Å². The molecule has 0 saturated carbocycles. The standard InChI is InChI=1S/C16H17ClN2S/c1-2-13-7-3-4-9-15(13)19-16(20)18-11-12-6-5-8-14(17)10-12/h3-10H,2,11H2,1H3,(H2,18,19,20). The third-order valence-corrected chi connectivity index (χ3v) is 3.47. The van der Waals surface area contributed by atoms with Gasteiger partial charge < -0.3 is 10.6 Å². The molecule has 0 aliphatic carbocycles. The average Bonchev–Trinajstić information content (AvgIpc) is 2.46. The van der Waals surface area contributed by atoms with Crippen LogP contribution in [0.4, 0.5) is 5.69 Å². The first-order chi connectivity index (χ1) is 9.69. The Morgan fingerprint density at radius 3 is 2.70 bits per heavy atom. The van der Waals surface area contributed by atoms with Crippen LogP contribution in [0.15, 0.2) is 48.5 Å². The van der Waals surface area contributed by atoms with Crippen molar-refractivity contribution in [3.8, 4) is 0 Å². The monoisotopic (exact) mass is 304 g/mol. The summed E-state index contributed by atoms with van der Waals surface area (Å²) in [5.41, 5.74) is 3.41. The number of thiocarbonyl (C=S) groups is 1. The van der Waals surface area contributed by atoms with Crippen molar-refractivity contribution in [1.82, 2.24) is 5.32 Å². The van der Waals surface area contributed by atoms with E-state index in [0.29, 0.717) is 11.7 Å². The summed E-state index contributed by atoms with van der Waals surface area (Å²) in [5, 5.41) is 7.77. The molecule has 0 atom stereocenters. The molecule has 2 nitrogen and oxygen atoms in total. The van der Waals surface area contributed by atoms with Crippen LogP contribution in [0.5, 0.6) is 0 Å². The largest absolute Gasteiger partial charge is 0.358 e. The van der Waals surface area contributed by atoms with E-state index in [9.17, 15) is 0 Å². The van der Waals surface area contributed by atoms with Crippen molar-refractivity contribution >= 4 is 34.6 Å². The summed E-state index contributed by atoms with van der Waals surface area (Å²) in [4.78, 5) is 0. The lowest BCUT2D eigenvalue weighted by molar-refractivity contribution is 0.925. The zero-order chi connectivity index (χ0) is 14.4. The zero-order valence-corrected chi connectivity index (χ0v) is 12.9. The molecule has 0 heterocycles. The molecule has 0 fully saturated rings. The fraction of sp³-hybridized carbons (Fsp3) is 0.188. The van der Waals surface area contributed by atoms with Crippen LogP contribution in [-0.2, 0) is 13.0 Å². The normalized spacial score (nSPS) is 10.1. The zero-order valence-electron chi connectivity index (χ0n) is 11.3. The van der Waals surface area contributed by atoms with E-state index in [-0.39, 0.29) is 0 Å². The molecule has 4 heteroatoms. The van der Waals surface area contributed by atoms with Crippen molar-refractivity contribution in [2.45, 2.75) is 19.9 Å². The van der Waals surface area contributed by atoms with E-state index in [4.69, 9.17) is 23.8 Å². The average molecular weight is 305 g/mol. The third-order valence-electron chi connectivity index (χ3n) is 2.99. The van der Waals surface area contributed by atoms with Crippen molar-refractivity contribution in [3.63, 3.8) is 0 Å². The van der Waals surface area contributed by atoms with Crippen LogP contribution in [0.1, 0.15) is 18.1 Å². The first-order valence-electron chi connectivity index (χ1n) is 6.56. The number of anilines is 1. The maximum absolute atomic E-state index is 5.95. The molecule has 0 spiro atoms. The van der Waals surface area contributed by atoms with Crippen LogP contribution in [0.2, 0.25) is 5.02 Å². The minimum atomic E-state index is 0.617. The van der Waals surface area contributed by atoms with E-state index in [1.54, 1.807) is 0 Å². The van der Waals surface area contributed by atoms with Crippen molar-refractivity contribution in [3.05, 3.63) is 64.7 Å². The minimum absolute atomic E-state index is 0.617. The van der Waals surface area contributed by atoms with Crippen LogP contribution in [0, 0.1) is 0 Å². The molecule has 0 radical (unpaired) electrons. The van der Waals surface area contributed by atoms with E-state index in [1.807, 2.05) is 42.5 Å². The van der Waals surface area contributed by atoms with Gasteiger partial charge in [-0.3, -0.25) is 0 Å². The Labute approximate surface area is 130 Å². The van der Waals surface area contributed by atoms with Crippen molar-refractivity contribution in [2.24, 2.45) is 0 Å². The summed E-state index contributed by atoms with van der Waals surface area (Å²) in [7, 11) is 0. The van der Waals surface area contributed by atoms with Gasteiger partial charge in [0.2, 0.25) is 0 Å². The number of hydrogen-bond donors (Lipinski definition) is 2. The van der Waals surface area contributed by atoms with Crippen LogP contribution >= 0.6 is 23.8 Å². The molecule has 0 bridgehead atoms. The lowest BCUT2D eigenvalue weighted by Gasteiger charge is -2.13. The molecular formula is C16H17ClN2S. The highest BCUT2D eigenvalue weighted by molar-refractivity contribution is 7.80. The lowest BCUT2D eigenvalue weighted by atomic mass is 10.1. The van der Waals surface area contributed by atoms with Gasteiger partial charge in [0.25, 0.3) is 0 Å². The molecule has 2 aromatic rings. The Morgan fingerprint density at radius 2 is 1.95 bits per heavy atom. The SMILES string of the molecule is CCc1ccccc1NC(=S)NCc1cccc(Cl)c1. The van der Waals surface area contributed by atoms with Gasteiger partial charge in [0.1, 0.15) is 0 Å². The first-order valence-corrected chi connectivity index (χ1v) is 7.35. The number of halogens is 1. The predicted molar refractivity (Wildman–Crippen MR) is 90.3 cm³/mol. The second-order valence-electron chi connectivity index (χ2n) is 4.45. The van der Waals surface area contributed by atoms with Gasteiger partial charge in [-0.25, -0.2) is 0 Å². The highest BCUT2D eigenvalue weighted by Gasteiger charge is 2.02. The van der Waals surface area contributed by atoms with Crippen LogP contribution in [-0.4, -0.2) is 5.11 Å². The molecule has 104 valence electrons. The summed E-state index contributed by atoms with van der Waals surface area (Å²) in [5.74, 6) is 0. The Kier molecular flexibility index (Phi) is 5.39. The van der Waals surface area contributed by atoms with Gasteiger partial charge in [0.15, 0.2) is 5.11 Å². The molecule has 2 N–H and O–H groups in total. The molecule has 0 aliphatic heterocycles. The van der Waals surface area contributed by atoms with Gasteiger partial charge in [0, 0.05) is 17.3 Å². The maximum Gasteiger partial charge on any atom is 0.171 e. The number of para-hydroxylation sites is 1. The second-order valence-corrected chi connectivity index (χ2v) is 5.29. The maximum atomic E-state index is 5.95. The second kappa shape index (κ2) is 7.27. The molecule has 0 unspecified atom stereocenters. The summed E-state index contributed by atoms with van der Waals surface area (Å²) in [6.45, 7) is 2.78. The van der Waals surface area contributed by atoms with Gasteiger partial charge >= 0.3 is 0 Å². The Morgan fingerprint density at radius 1 is 1.15 bits per heavy atom. The van der Waals surface area contributed by atoms with Crippen LogP contribution in [0.3, 0.4) is 0 Å². The third kappa shape index (κ3) is 4.22. The smallest absolute Gasteiger partial charge is 0.171 e. The number of rotatable bonds is 4. The molecule has 0 saturated heterocycles. The lowest BCUT2D eigenvalue weighted by Crippen LogP contribution is -2.28. The van der Waals surface area contributed by atoms with Crippen LogP contribution < -0.4 is 10.6 Å². The molecule has 0 aliphatic rings. The van der Waals surface area contributed by atoms with E-state index >= 15 is 0 Å². The Bertz CT molecular complexity index is 599. The predicted octanol–water partition coefficient (Wildman–Crippen LogP) is 4.39. The van der Waals surface area contributed by atoms with Crippen LogP contribution in [0.25, 0.3) is 0 Å². The fourth-order valence-electron chi connectivity index (χ4n) is 1.95. The highest BCUT2D eigenvalue weighted by atomic mass is 35.5. The Balaban J connectivity index is 1.93. The number of benzene rings is 2. The topological polar surface area (TPSA) is 24.1 Å². The highest BCUT2D eigenvalue weighted by Crippen LogP contribution is 2.15. The number of aryl methyl sites for hydroxylation is 1. The molecule has 2 rings (SSSR count). The van der Waals surface area contributed by atoms with Gasteiger partial charge in [-0.2, -0.15) is 0 Å². The molecule has 0 amide bonds. The van der Waals surface area contributed by atoms with E-state index < -0.39 is 0 Å². The first kappa shape index (κ1) is 14.8. The fourth-order valence-corrected chi connectivity index (χ4v) is 2.34. The molecule has 0 aromatic heterocycles. The summed E-state index contributed by atoms with van der Waals surface area (Å²) < 4.78 is 0. The van der Waals surface area contributed by atoms with Crippen molar-refractivity contribution in [2.75, 3.05) is 5.32 Å². The van der Waals surface area contributed by atoms with E-state index in [0.717, 1.165) is 22.7 Å². The summed E-state index contributed by atoms with van der Waals surface area (Å²) >= 11 is 11.3. The summed E-state index contributed by atoms with van der Waals surface area (Å²) in [6, 6.07) is 15.9. The van der Waals surface area contributed by atoms with Gasteiger partial charge in [-0.1, -0.05) is 48.9 Å². The van der Waals surface area contributed by atoms with Crippen molar-refractivity contribution in [1.29, 1.82) is 0 Å². The number of hydrogen-bond acceptors (Lipinski definition) is 1. The molecule has 2 aromatic carbocycles. The molecular weight excluding hydrogens is 288 g/mol. The number of nitrogens with one attached hydrogen (secondary N) is 2. The van der Waals surface area contributed by atoms with Gasteiger partial charge in [0.05, 0.1) is 0 Å². The van der Waals surface area contributed by atoms with E-state index in [1.165, 1.54) is 5.56 Å². The van der Waals surface area contributed by atoms with Crippen molar-refractivity contribution < 1.29 is 0 Å². The minimum Gasteiger partial charge on any atom is -0.358 e. The molecule has 20 heavy (non-hydrogen) atoms. The Hall–Kier alpha value is -1.58. The van der Waals surface area contributed by atoms with Gasteiger partial charge in [-0.15, -0.1) is 0 Å². The summed E-state index contributed by atoms with van der Waals surface area (Å²) in [6.07, 6.45) is 0.972. The van der Waals surface area contributed by atoms with Gasteiger partial charge in [-0.05, 0) is 48.0 Å². The quantitative estimate of drug-likeness (QED) is 0.819.